The van der Waals surface area contributed by atoms with Crippen LogP contribution in [0.4, 0.5) is 0 Å². The van der Waals surface area contributed by atoms with Gasteiger partial charge in [-0.2, -0.15) is 5.26 Å². The molecule has 0 atom stereocenters. The molecule has 0 spiro atoms. The Morgan fingerprint density at radius 1 is 1.21 bits per heavy atom. The standard InChI is InChI=1S/C18H24N4S2/c1-5-21(6-2)11-12-22-16-10-8-7-9-15(16)20-17(22)14(13-19)18(23-3)24-4/h7-10H,5-6,11-12H2,1-4H3. The fourth-order valence-electron chi connectivity index (χ4n) is 2.75. The lowest BCUT2D eigenvalue weighted by atomic mass is 10.3. The van der Waals surface area contributed by atoms with E-state index in [1.165, 1.54) is 0 Å². The van der Waals surface area contributed by atoms with Gasteiger partial charge in [-0.3, -0.25) is 0 Å². The van der Waals surface area contributed by atoms with Crippen molar-refractivity contribution in [2.24, 2.45) is 0 Å². The molecule has 0 bridgehead atoms. The molecule has 4 nitrogen and oxygen atoms in total. The molecule has 0 aliphatic carbocycles. The molecule has 0 saturated carbocycles. The van der Waals surface area contributed by atoms with E-state index in [4.69, 9.17) is 4.98 Å². The van der Waals surface area contributed by atoms with E-state index >= 15 is 0 Å². The molecule has 2 aromatic rings. The predicted octanol–water partition coefficient (Wildman–Crippen LogP) is 4.30. The Labute approximate surface area is 152 Å². The summed E-state index contributed by atoms with van der Waals surface area (Å²) in [4.78, 5) is 7.15. The van der Waals surface area contributed by atoms with E-state index in [1.807, 2.05) is 30.7 Å². The van der Waals surface area contributed by atoms with Gasteiger partial charge in [-0.25, -0.2) is 4.98 Å². The number of hydrogen-bond acceptors (Lipinski definition) is 5. The zero-order valence-electron chi connectivity index (χ0n) is 14.7. The number of para-hydroxylation sites is 2. The summed E-state index contributed by atoms with van der Waals surface area (Å²) in [5, 5.41) is 9.73. The molecule has 0 unspecified atom stereocenters. The van der Waals surface area contributed by atoms with Crippen LogP contribution in [0.25, 0.3) is 16.6 Å². The molecule has 24 heavy (non-hydrogen) atoms. The number of fused-ring (bicyclic) bond motifs is 1. The molecule has 0 aliphatic rings. The van der Waals surface area contributed by atoms with Gasteiger partial charge in [0.25, 0.3) is 0 Å². The molecular weight excluding hydrogens is 336 g/mol. The third-order valence-corrected chi connectivity index (χ3v) is 6.25. The minimum atomic E-state index is 0.672. The summed E-state index contributed by atoms with van der Waals surface area (Å²) in [6.45, 7) is 8.19. The van der Waals surface area contributed by atoms with Crippen molar-refractivity contribution >= 4 is 40.1 Å². The van der Waals surface area contributed by atoms with Gasteiger partial charge in [-0.1, -0.05) is 26.0 Å². The summed E-state index contributed by atoms with van der Waals surface area (Å²) < 4.78 is 3.20. The number of hydrogen-bond donors (Lipinski definition) is 0. The van der Waals surface area contributed by atoms with Gasteiger partial charge in [0.05, 0.1) is 15.3 Å². The Hall–Kier alpha value is -1.42. The zero-order valence-corrected chi connectivity index (χ0v) is 16.4. The summed E-state index contributed by atoms with van der Waals surface area (Å²) >= 11 is 3.21. The summed E-state index contributed by atoms with van der Waals surface area (Å²) in [6, 6.07) is 10.5. The number of likely N-dealkylation sites (N-methyl/N-ethyl adjacent to an activating group) is 1. The molecule has 0 saturated heterocycles. The molecule has 1 aromatic carbocycles. The molecule has 0 aliphatic heterocycles. The van der Waals surface area contributed by atoms with Crippen LogP contribution in [0.1, 0.15) is 19.7 Å². The second kappa shape index (κ2) is 9.16. The zero-order chi connectivity index (χ0) is 17.5. The van der Waals surface area contributed by atoms with Crippen molar-refractivity contribution in [3.63, 3.8) is 0 Å². The third-order valence-electron chi connectivity index (χ3n) is 4.10. The van der Waals surface area contributed by atoms with Crippen molar-refractivity contribution in [1.82, 2.24) is 14.5 Å². The number of nitriles is 1. The number of allylic oxidation sites excluding steroid dienone is 1. The van der Waals surface area contributed by atoms with Crippen LogP contribution in [-0.4, -0.2) is 46.6 Å². The number of rotatable bonds is 8. The van der Waals surface area contributed by atoms with E-state index in [0.717, 1.165) is 47.3 Å². The maximum Gasteiger partial charge on any atom is 0.153 e. The number of thioether (sulfide) groups is 2. The van der Waals surface area contributed by atoms with Crippen LogP contribution in [-0.2, 0) is 6.54 Å². The predicted molar refractivity (Wildman–Crippen MR) is 107 cm³/mol. The van der Waals surface area contributed by atoms with Crippen LogP contribution in [0.2, 0.25) is 0 Å². The maximum atomic E-state index is 9.73. The molecule has 0 amide bonds. The number of benzene rings is 1. The first-order valence-corrected chi connectivity index (χ1v) is 10.5. The smallest absolute Gasteiger partial charge is 0.153 e. The highest BCUT2D eigenvalue weighted by Gasteiger charge is 2.18. The number of aromatic nitrogens is 2. The minimum absolute atomic E-state index is 0.672. The Morgan fingerprint density at radius 2 is 1.88 bits per heavy atom. The molecule has 1 heterocycles. The summed E-state index contributed by atoms with van der Waals surface area (Å²) in [5.41, 5.74) is 2.71. The minimum Gasteiger partial charge on any atom is -0.322 e. The van der Waals surface area contributed by atoms with E-state index in [1.54, 1.807) is 23.5 Å². The Balaban J connectivity index is 2.55. The molecule has 0 fully saturated rings. The van der Waals surface area contributed by atoms with Crippen molar-refractivity contribution in [2.75, 3.05) is 32.1 Å². The lowest BCUT2D eigenvalue weighted by Crippen LogP contribution is -2.27. The van der Waals surface area contributed by atoms with Gasteiger partial charge in [0, 0.05) is 13.1 Å². The third kappa shape index (κ3) is 3.97. The van der Waals surface area contributed by atoms with Gasteiger partial charge in [0.15, 0.2) is 5.82 Å². The van der Waals surface area contributed by atoms with Gasteiger partial charge < -0.3 is 9.47 Å². The van der Waals surface area contributed by atoms with Crippen LogP contribution in [0.3, 0.4) is 0 Å². The second-order valence-corrected chi connectivity index (χ2v) is 7.18. The van der Waals surface area contributed by atoms with Crippen LogP contribution >= 0.6 is 23.5 Å². The van der Waals surface area contributed by atoms with Crippen molar-refractivity contribution in [2.45, 2.75) is 20.4 Å². The molecule has 2 rings (SSSR count). The largest absolute Gasteiger partial charge is 0.322 e. The normalized spacial score (nSPS) is 11.0. The summed E-state index contributed by atoms with van der Waals surface area (Å²) in [7, 11) is 0. The Morgan fingerprint density at radius 3 is 2.46 bits per heavy atom. The van der Waals surface area contributed by atoms with Crippen molar-refractivity contribution in [3.8, 4) is 6.07 Å². The van der Waals surface area contributed by atoms with Crippen molar-refractivity contribution in [3.05, 3.63) is 34.3 Å². The van der Waals surface area contributed by atoms with Crippen LogP contribution < -0.4 is 0 Å². The number of nitrogens with zero attached hydrogens (tertiary/aromatic N) is 4. The number of imidazole rings is 1. The summed E-state index contributed by atoms with van der Waals surface area (Å²) in [6.07, 6.45) is 4.01. The van der Waals surface area contributed by atoms with Gasteiger partial charge in [-0.05, 0) is 37.7 Å². The maximum absolute atomic E-state index is 9.73. The fourth-order valence-corrected chi connectivity index (χ4v) is 4.10. The SMILES string of the molecule is CCN(CC)CCn1c(C(C#N)=C(SC)SC)nc2ccccc21. The monoisotopic (exact) mass is 360 g/mol. The Bertz CT molecular complexity index is 748. The highest BCUT2D eigenvalue weighted by atomic mass is 32.2. The fraction of sp³-hybridized carbons (Fsp3) is 0.444. The molecule has 6 heteroatoms. The van der Waals surface area contributed by atoms with E-state index in [9.17, 15) is 5.26 Å². The summed E-state index contributed by atoms with van der Waals surface area (Å²) in [5.74, 6) is 0.782. The molecule has 0 radical (unpaired) electrons. The average molecular weight is 361 g/mol. The van der Waals surface area contributed by atoms with Crippen LogP contribution in [0.5, 0.6) is 0 Å². The molecule has 128 valence electrons. The van der Waals surface area contributed by atoms with E-state index in [-0.39, 0.29) is 0 Å². The van der Waals surface area contributed by atoms with E-state index in [0.29, 0.717) is 5.57 Å². The lowest BCUT2D eigenvalue weighted by molar-refractivity contribution is 0.291. The van der Waals surface area contributed by atoms with Crippen molar-refractivity contribution in [1.29, 1.82) is 5.26 Å². The quantitative estimate of drug-likeness (QED) is 0.657. The first-order chi connectivity index (χ1) is 11.7. The lowest BCUT2D eigenvalue weighted by Gasteiger charge is -2.19. The van der Waals surface area contributed by atoms with Crippen molar-refractivity contribution < 1.29 is 0 Å². The second-order valence-electron chi connectivity index (χ2n) is 5.29. The molecule has 0 N–H and O–H groups in total. The first kappa shape index (κ1) is 18.9. The highest BCUT2D eigenvalue weighted by molar-refractivity contribution is 8.21. The van der Waals surface area contributed by atoms with Gasteiger partial charge in [-0.15, -0.1) is 23.5 Å². The topological polar surface area (TPSA) is 44.9 Å². The van der Waals surface area contributed by atoms with Gasteiger partial charge >= 0.3 is 0 Å². The molecule has 1 aromatic heterocycles. The van der Waals surface area contributed by atoms with E-state index < -0.39 is 0 Å². The van der Waals surface area contributed by atoms with Crippen LogP contribution in [0, 0.1) is 11.3 Å². The first-order valence-electron chi connectivity index (χ1n) is 8.10. The Kier molecular flexibility index (Phi) is 7.22. The van der Waals surface area contributed by atoms with Crippen LogP contribution in [0.15, 0.2) is 28.5 Å². The average Bonchev–Trinajstić information content (AvgIpc) is 2.98. The van der Waals surface area contributed by atoms with E-state index in [2.05, 4.69) is 35.5 Å². The van der Waals surface area contributed by atoms with Gasteiger partial charge in [0.1, 0.15) is 11.6 Å². The highest BCUT2D eigenvalue weighted by Crippen LogP contribution is 2.33. The molecular formula is C18H24N4S2. The van der Waals surface area contributed by atoms with Gasteiger partial charge in [0.2, 0.25) is 0 Å².